The first-order valence-corrected chi connectivity index (χ1v) is 7.42. The van der Waals surface area contributed by atoms with Crippen molar-refractivity contribution < 1.29 is 0 Å². The van der Waals surface area contributed by atoms with E-state index in [1.165, 1.54) is 51.4 Å². The lowest BCUT2D eigenvalue weighted by Crippen LogP contribution is -2.25. The van der Waals surface area contributed by atoms with Crippen molar-refractivity contribution in [3.8, 4) is 12.3 Å². The van der Waals surface area contributed by atoms with E-state index in [2.05, 4.69) is 25.0 Å². The average molecular weight is 230 g/mol. The Morgan fingerprint density at radius 1 is 0.882 bits per heavy atom. The molecule has 0 aromatic carbocycles. The third kappa shape index (κ3) is 3.38. The summed E-state index contributed by atoms with van der Waals surface area (Å²) in [5.74, 6) is 6.41. The molecule has 0 heteroatoms. The van der Waals surface area contributed by atoms with Gasteiger partial charge in [0.25, 0.3) is 0 Å². The van der Waals surface area contributed by atoms with Gasteiger partial charge in [-0.15, -0.1) is 12.3 Å². The minimum absolute atomic E-state index is 0.589. The van der Waals surface area contributed by atoms with Gasteiger partial charge in [-0.05, 0) is 76.0 Å². The van der Waals surface area contributed by atoms with Gasteiger partial charge in [-0.2, -0.15) is 0 Å². The Balaban J connectivity index is 1.76. The molecule has 17 heavy (non-hydrogen) atoms. The van der Waals surface area contributed by atoms with Crippen LogP contribution in [0.3, 0.4) is 0 Å². The smallest absolute Gasteiger partial charge is 0.0200 e. The van der Waals surface area contributed by atoms with Crippen molar-refractivity contribution in [2.24, 2.45) is 23.7 Å². The van der Waals surface area contributed by atoms with Crippen molar-refractivity contribution in [1.82, 2.24) is 0 Å². The van der Waals surface area contributed by atoms with Gasteiger partial charge in [0.2, 0.25) is 0 Å². The number of hydrogen-bond acceptors (Lipinski definition) is 0. The topological polar surface area (TPSA) is 0 Å². The summed E-state index contributed by atoms with van der Waals surface area (Å²) < 4.78 is 0. The number of allylic oxidation sites excluding steroid dienone is 2. The maximum atomic E-state index is 5.52. The zero-order valence-electron chi connectivity index (χ0n) is 11.2. The molecule has 0 amide bonds. The molecular formula is C17H26. The normalized spacial score (nSPS) is 39.1. The van der Waals surface area contributed by atoms with Gasteiger partial charge in [0, 0.05) is 5.92 Å². The van der Waals surface area contributed by atoms with Gasteiger partial charge in [0.15, 0.2) is 0 Å². The van der Waals surface area contributed by atoms with Gasteiger partial charge in [0.05, 0.1) is 0 Å². The van der Waals surface area contributed by atoms with Crippen molar-refractivity contribution in [2.45, 2.75) is 58.3 Å². The van der Waals surface area contributed by atoms with Crippen molar-refractivity contribution in [3.05, 3.63) is 12.2 Å². The highest BCUT2D eigenvalue weighted by Crippen LogP contribution is 2.41. The zero-order chi connectivity index (χ0) is 12.1. The second-order valence-electron chi connectivity index (χ2n) is 5.98. The lowest BCUT2D eigenvalue weighted by Gasteiger charge is -2.36. The second kappa shape index (κ2) is 6.29. The molecule has 0 atom stereocenters. The highest BCUT2D eigenvalue weighted by Gasteiger charge is 2.29. The molecule has 0 bridgehead atoms. The molecule has 0 unspecified atom stereocenters. The highest BCUT2D eigenvalue weighted by molar-refractivity contribution is 4.97. The molecule has 2 rings (SSSR count). The van der Waals surface area contributed by atoms with Gasteiger partial charge >= 0.3 is 0 Å². The SMILES string of the molecule is C#C[C@H]1CC[C@H]([C@H]2CC[C@H](C=CC)CC2)CC1. The molecule has 94 valence electrons. The molecule has 2 fully saturated rings. The van der Waals surface area contributed by atoms with E-state index in [0.717, 1.165) is 17.8 Å². The number of hydrogen-bond donors (Lipinski definition) is 0. The van der Waals surface area contributed by atoms with Gasteiger partial charge in [-0.25, -0.2) is 0 Å². The van der Waals surface area contributed by atoms with E-state index in [-0.39, 0.29) is 0 Å². The largest absolute Gasteiger partial charge is 0.120 e. The summed E-state index contributed by atoms with van der Waals surface area (Å²) in [4.78, 5) is 0. The first-order valence-electron chi connectivity index (χ1n) is 7.42. The van der Waals surface area contributed by atoms with E-state index in [1.807, 2.05) is 0 Å². The van der Waals surface area contributed by atoms with Crippen LogP contribution in [0.15, 0.2) is 12.2 Å². The minimum Gasteiger partial charge on any atom is -0.120 e. The molecule has 0 N–H and O–H groups in total. The monoisotopic (exact) mass is 230 g/mol. The van der Waals surface area contributed by atoms with E-state index < -0.39 is 0 Å². The molecule has 0 heterocycles. The predicted molar refractivity (Wildman–Crippen MR) is 74.5 cm³/mol. The van der Waals surface area contributed by atoms with Crippen LogP contribution in [0, 0.1) is 36.0 Å². The summed E-state index contributed by atoms with van der Waals surface area (Å²) in [6.45, 7) is 2.15. The summed E-state index contributed by atoms with van der Waals surface area (Å²) >= 11 is 0. The lowest BCUT2D eigenvalue weighted by molar-refractivity contribution is 0.168. The fraction of sp³-hybridized carbons (Fsp3) is 0.765. The van der Waals surface area contributed by atoms with Crippen LogP contribution in [0.1, 0.15) is 58.3 Å². The Morgan fingerprint density at radius 2 is 1.41 bits per heavy atom. The summed E-state index contributed by atoms with van der Waals surface area (Å²) in [7, 11) is 0. The fourth-order valence-corrected chi connectivity index (χ4v) is 3.84. The van der Waals surface area contributed by atoms with Crippen LogP contribution in [0.4, 0.5) is 0 Å². The first-order chi connectivity index (χ1) is 8.33. The summed E-state index contributed by atoms with van der Waals surface area (Å²) in [5.41, 5.74) is 0. The van der Waals surface area contributed by atoms with E-state index in [1.54, 1.807) is 0 Å². The van der Waals surface area contributed by atoms with Crippen LogP contribution in [0.2, 0.25) is 0 Å². The lowest BCUT2D eigenvalue weighted by atomic mass is 9.69. The van der Waals surface area contributed by atoms with Crippen LogP contribution in [-0.2, 0) is 0 Å². The van der Waals surface area contributed by atoms with Crippen LogP contribution in [0.5, 0.6) is 0 Å². The molecule has 0 aliphatic heterocycles. The maximum absolute atomic E-state index is 5.52. The van der Waals surface area contributed by atoms with Gasteiger partial charge in [0.1, 0.15) is 0 Å². The fourth-order valence-electron chi connectivity index (χ4n) is 3.84. The van der Waals surface area contributed by atoms with Crippen molar-refractivity contribution >= 4 is 0 Å². The van der Waals surface area contributed by atoms with Crippen LogP contribution in [0.25, 0.3) is 0 Å². The van der Waals surface area contributed by atoms with Crippen LogP contribution in [-0.4, -0.2) is 0 Å². The molecular weight excluding hydrogens is 204 g/mol. The molecule has 0 saturated heterocycles. The van der Waals surface area contributed by atoms with Crippen LogP contribution < -0.4 is 0 Å². The highest BCUT2D eigenvalue weighted by atomic mass is 14.3. The van der Waals surface area contributed by atoms with Gasteiger partial charge < -0.3 is 0 Å². The minimum atomic E-state index is 0.589. The zero-order valence-corrected chi connectivity index (χ0v) is 11.2. The van der Waals surface area contributed by atoms with E-state index >= 15 is 0 Å². The Hall–Kier alpha value is -0.700. The summed E-state index contributed by atoms with van der Waals surface area (Å²) in [5, 5.41) is 0. The standard InChI is InChI=1S/C17H26/c1-3-5-15-8-12-17(13-9-15)16-10-6-14(4-2)7-11-16/h2-3,5,14-17H,6-13H2,1H3/t14-,15-,16-,17-. The third-order valence-corrected chi connectivity index (χ3v) is 4.96. The van der Waals surface area contributed by atoms with E-state index in [4.69, 9.17) is 6.42 Å². The van der Waals surface area contributed by atoms with Crippen molar-refractivity contribution in [1.29, 1.82) is 0 Å². The Kier molecular flexibility index (Phi) is 4.72. The Morgan fingerprint density at radius 3 is 1.88 bits per heavy atom. The summed E-state index contributed by atoms with van der Waals surface area (Å²) in [6.07, 6.45) is 21.3. The quantitative estimate of drug-likeness (QED) is 0.472. The third-order valence-electron chi connectivity index (χ3n) is 4.96. The molecule has 0 nitrogen and oxygen atoms in total. The molecule has 0 aromatic heterocycles. The Labute approximate surface area is 107 Å². The molecule has 0 spiro atoms. The van der Waals surface area contributed by atoms with E-state index in [0.29, 0.717) is 5.92 Å². The molecule has 0 radical (unpaired) electrons. The van der Waals surface area contributed by atoms with Crippen LogP contribution >= 0.6 is 0 Å². The number of terminal acetylenes is 1. The predicted octanol–water partition coefficient (Wildman–Crippen LogP) is 4.81. The molecule has 2 aliphatic rings. The molecule has 2 saturated carbocycles. The van der Waals surface area contributed by atoms with Crippen molar-refractivity contribution in [2.75, 3.05) is 0 Å². The Bertz CT molecular complexity index is 278. The second-order valence-corrected chi connectivity index (χ2v) is 5.98. The van der Waals surface area contributed by atoms with Crippen molar-refractivity contribution in [3.63, 3.8) is 0 Å². The first kappa shape index (κ1) is 12.7. The van der Waals surface area contributed by atoms with Gasteiger partial charge in [-0.1, -0.05) is 12.2 Å². The van der Waals surface area contributed by atoms with E-state index in [9.17, 15) is 0 Å². The molecule has 0 aromatic rings. The number of rotatable bonds is 2. The molecule has 2 aliphatic carbocycles. The maximum Gasteiger partial charge on any atom is 0.0200 e. The van der Waals surface area contributed by atoms with Gasteiger partial charge in [-0.3, -0.25) is 0 Å². The summed E-state index contributed by atoms with van der Waals surface area (Å²) in [6, 6.07) is 0. The average Bonchev–Trinajstić information content (AvgIpc) is 2.40.